The standard InChI is InChI=1S/C16H22N2O3S/c1-3-8-18-13(2)12-21-15-11-14(17-9-4-5-10-17)6-7-16(15)22(18,19)20/h3,6-7,11,13H,1,4-5,8-10,12H2,2H3/t13-/m0/s1. The minimum atomic E-state index is -3.55. The van der Waals surface area contributed by atoms with Gasteiger partial charge in [-0.3, -0.25) is 0 Å². The van der Waals surface area contributed by atoms with Crippen LogP contribution < -0.4 is 9.64 Å². The first-order chi connectivity index (χ1) is 10.5. The number of sulfonamides is 1. The van der Waals surface area contributed by atoms with Crippen LogP contribution in [-0.4, -0.2) is 45.0 Å². The second-order valence-corrected chi connectivity index (χ2v) is 7.71. The summed E-state index contributed by atoms with van der Waals surface area (Å²) in [7, 11) is -3.55. The van der Waals surface area contributed by atoms with Crippen molar-refractivity contribution in [1.82, 2.24) is 4.31 Å². The van der Waals surface area contributed by atoms with Gasteiger partial charge in [-0.25, -0.2) is 8.42 Å². The van der Waals surface area contributed by atoms with E-state index in [9.17, 15) is 8.42 Å². The Morgan fingerprint density at radius 2 is 2.09 bits per heavy atom. The van der Waals surface area contributed by atoms with Gasteiger partial charge >= 0.3 is 0 Å². The van der Waals surface area contributed by atoms with Crippen molar-refractivity contribution in [2.45, 2.75) is 30.7 Å². The van der Waals surface area contributed by atoms with Gasteiger partial charge in [-0.2, -0.15) is 4.31 Å². The monoisotopic (exact) mass is 322 g/mol. The second kappa shape index (κ2) is 5.93. The van der Waals surface area contributed by atoms with Crippen molar-refractivity contribution >= 4 is 15.7 Å². The van der Waals surface area contributed by atoms with E-state index in [0.717, 1.165) is 18.8 Å². The van der Waals surface area contributed by atoms with Gasteiger partial charge in [0, 0.05) is 31.4 Å². The number of hydrogen-bond acceptors (Lipinski definition) is 4. The molecule has 0 amide bonds. The highest BCUT2D eigenvalue weighted by molar-refractivity contribution is 7.89. The number of nitrogens with zero attached hydrogens (tertiary/aromatic N) is 2. The molecule has 22 heavy (non-hydrogen) atoms. The Morgan fingerprint density at radius 3 is 2.77 bits per heavy atom. The molecule has 6 heteroatoms. The Labute approximate surface area is 132 Å². The lowest BCUT2D eigenvalue weighted by molar-refractivity contribution is 0.232. The number of fused-ring (bicyclic) bond motifs is 1. The third-order valence-electron chi connectivity index (χ3n) is 4.27. The van der Waals surface area contributed by atoms with Gasteiger partial charge in [0.15, 0.2) is 0 Å². The van der Waals surface area contributed by atoms with E-state index in [2.05, 4.69) is 11.5 Å². The zero-order valence-corrected chi connectivity index (χ0v) is 13.7. The largest absolute Gasteiger partial charge is 0.490 e. The normalized spacial score (nSPS) is 24.4. The fraction of sp³-hybridized carbons (Fsp3) is 0.500. The molecule has 2 aliphatic heterocycles. The third-order valence-corrected chi connectivity index (χ3v) is 6.29. The fourth-order valence-corrected chi connectivity index (χ4v) is 4.76. The second-order valence-electron chi connectivity index (χ2n) is 5.85. The molecular formula is C16H22N2O3S. The molecule has 5 nitrogen and oxygen atoms in total. The van der Waals surface area contributed by atoms with Crippen LogP contribution in [0, 0.1) is 0 Å². The lowest BCUT2D eigenvalue weighted by Gasteiger charge is -2.23. The topological polar surface area (TPSA) is 49.9 Å². The van der Waals surface area contributed by atoms with E-state index in [0.29, 0.717) is 18.9 Å². The van der Waals surface area contributed by atoms with E-state index in [-0.39, 0.29) is 10.9 Å². The summed E-state index contributed by atoms with van der Waals surface area (Å²) in [5.41, 5.74) is 1.04. The van der Waals surface area contributed by atoms with Crippen molar-refractivity contribution in [3.63, 3.8) is 0 Å². The molecule has 0 aromatic heterocycles. The molecule has 3 rings (SSSR count). The maximum Gasteiger partial charge on any atom is 0.247 e. The quantitative estimate of drug-likeness (QED) is 0.801. The van der Waals surface area contributed by atoms with Crippen LogP contribution in [0.25, 0.3) is 0 Å². The molecule has 1 aromatic rings. The van der Waals surface area contributed by atoms with Gasteiger partial charge in [-0.05, 0) is 31.9 Å². The summed E-state index contributed by atoms with van der Waals surface area (Å²) in [6.45, 7) is 8.19. The molecule has 0 unspecified atom stereocenters. The van der Waals surface area contributed by atoms with Crippen LogP contribution in [0.15, 0.2) is 35.7 Å². The highest BCUT2D eigenvalue weighted by Crippen LogP contribution is 2.35. The van der Waals surface area contributed by atoms with E-state index >= 15 is 0 Å². The lowest BCUT2D eigenvalue weighted by Crippen LogP contribution is -2.39. The van der Waals surface area contributed by atoms with Crippen molar-refractivity contribution < 1.29 is 13.2 Å². The maximum atomic E-state index is 12.8. The Hall–Kier alpha value is -1.53. The SMILES string of the molecule is C=CCN1[C@@H](C)COc2cc(N3CCCC3)ccc2S1(=O)=O. The van der Waals surface area contributed by atoms with Crippen LogP contribution in [0.1, 0.15) is 19.8 Å². The van der Waals surface area contributed by atoms with Gasteiger partial charge in [0.2, 0.25) is 10.0 Å². The zero-order valence-electron chi connectivity index (χ0n) is 12.9. The fourth-order valence-electron chi connectivity index (χ4n) is 3.06. The smallest absolute Gasteiger partial charge is 0.247 e. The average molecular weight is 322 g/mol. The van der Waals surface area contributed by atoms with Gasteiger partial charge in [-0.15, -0.1) is 6.58 Å². The minimum absolute atomic E-state index is 0.217. The molecule has 0 aliphatic carbocycles. The highest BCUT2D eigenvalue weighted by Gasteiger charge is 2.34. The molecule has 0 saturated carbocycles. The molecule has 0 bridgehead atoms. The first-order valence-corrected chi connectivity index (χ1v) is 9.12. The van der Waals surface area contributed by atoms with Crippen LogP contribution >= 0.6 is 0 Å². The molecule has 1 atom stereocenters. The van der Waals surface area contributed by atoms with Crippen molar-refractivity contribution in [3.8, 4) is 5.75 Å². The molecule has 1 saturated heterocycles. The molecule has 2 aliphatic rings. The van der Waals surface area contributed by atoms with E-state index in [4.69, 9.17) is 4.74 Å². The lowest BCUT2D eigenvalue weighted by atomic mass is 10.2. The maximum absolute atomic E-state index is 12.8. The number of hydrogen-bond donors (Lipinski definition) is 0. The van der Waals surface area contributed by atoms with Crippen LogP contribution in [0.5, 0.6) is 5.75 Å². The van der Waals surface area contributed by atoms with Crippen LogP contribution in [0.4, 0.5) is 5.69 Å². The summed E-state index contributed by atoms with van der Waals surface area (Å²) < 4.78 is 32.9. The summed E-state index contributed by atoms with van der Waals surface area (Å²) in [5, 5.41) is 0. The Balaban J connectivity index is 2.02. The predicted molar refractivity (Wildman–Crippen MR) is 86.9 cm³/mol. The Morgan fingerprint density at radius 1 is 1.36 bits per heavy atom. The number of rotatable bonds is 3. The molecule has 0 spiro atoms. The average Bonchev–Trinajstić information content (AvgIpc) is 3.01. The summed E-state index contributed by atoms with van der Waals surface area (Å²) in [6, 6.07) is 5.20. The van der Waals surface area contributed by atoms with E-state index in [1.165, 1.54) is 17.1 Å². The summed E-state index contributed by atoms with van der Waals surface area (Å²) in [4.78, 5) is 2.52. The first kappa shape index (κ1) is 15.4. The Kier molecular flexibility index (Phi) is 4.14. The van der Waals surface area contributed by atoms with Crippen LogP contribution in [0.2, 0.25) is 0 Å². The van der Waals surface area contributed by atoms with Crippen molar-refractivity contribution in [2.75, 3.05) is 31.1 Å². The highest BCUT2D eigenvalue weighted by atomic mass is 32.2. The van der Waals surface area contributed by atoms with E-state index in [1.54, 1.807) is 12.1 Å². The summed E-state index contributed by atoms with van der Waals surface area (Å²) in [5.74, 6) is 0.461. The van der Waals surface area contributed by atoms with E-state index < -0.39 is 10.0 Å². The third kappa shape index (κ3) is 2.61. The number of anilines is 1. The van der Waals surface area contributed by atoms with Crippen molar-refractivity contribution in [2.24, 2.45) is 0 Å². The number of benzene rings is 1. The van der Waals surface area contributed by atoms with Crippen molar-refractivity contribution in [1.29, 1.82) is 0 Å². The van der Waals surface area contributed by atoms with Gasteiger partial charge < -0.3 is 9.64 Å². The van der Waals surface area contributed by atoms with E-state index in [1.807, 2.05) is 19.1 Å². The van der Waals surface area contributed by atoms with Gasteiger partial charge in [0.05, 0.1) is 6.04 Å². The van der Waals surface area contributed by atoms with Gasteiger partial charge in [0.25, 0.3) is 0 Å². The molecule has 0 radical (unpaired) electrons. The zero-order chi connectivity index (χ0) is 15.7. The van der Waals surface area contributed by atoms with Crippen molar-refractivity contribution in [3.05, 3.63) is 30.9 Å². The molecule has 2 heterocycles. The summed E-state index contributed by atoms with van der Waals surface area (Å²) >= 11 is 0. The molecule has 1 fully saturated rings. The molecular weight excluding hydrogens is 300 g/mol. The number of ether oxygens (including phenoxy) is 1. The molecule has 0 N–H and O–H groups in total. The van der Waals surface area contributed by atoms with Gasteiger partial charge in [-0.1, -0.05) is 6.08 Å². The molecule has 120 valence electrons. The molecule has 1 aromatic carbocycles. The first-order valence-electron chi connectivity index (χ1n) is 7.68. The van der Waals surface area contributed by atoms with Gasteiger partial charge in [0.1, 0.15) is 17.3 Å². The van der Waals surface area contributed by atoms with Crippen LogP contribution in [-0.2, 0) is 10.0 Å². The Bertz CT molecular complexity index is 666. The minimum Gasteiger partial charge on any atom is -0.490 e. The predicted octanol–water partition coefficient (Wildman–Crippen LogP) is 2.24. The summed E-state index contributed by atoms with van der Waals surface area (Å²) in [6.07, 6.45) is 3.97. The van der Waals surface area contributed by atoms with Crippen LogP contribution in [0.3, 0.4) is 0 Å².